The van der Waals surface area contributed by atoms with E-state index in [4.69, 9.17) is 0 Å². The van der Waals surface area contributed by atoms with Crippen LogP contribution in [0.25, 0.3) is 16.7 Å². The minimum absolute atomic E-state index is 0.308. The van der Waals surface area contributed by atoms with E-state index in [0.717, 1.165) is 10.9 Å². The van der Waals surface area contributed by atoms with Crippen molar-refractivity contribution in [3.8, 4) is 5.82 Å². The number of methoxy groups -OCH3 is 1. The maximum Gasteiger partial charge on any atom is 0.337 e. The number of ether oxygens (including phenoxy) is 1. The number of hydrogen-bond donors (Lipinski definition) is 2. The average molecular weight is 443 g/mol. The zero-order valence-corrected chi connectivity index (χ0v) is 18.2. The molecule has 0 radical (unpaired) electrons. The quantitative estimate of drug-likeness (QED) is 0.279. The number of carbonyl (C=O) groups is 2. The predicted molar refractivity (Wildman–Crippen MR) is 124 cm³/mol. The number of pyridine rings is 1. The number of aromatic nitrogens is 3. The van der Waals surface area contributed by atoms with E-state index >= 15 is 0 Å². The van der Waals surface area contributed by atoms with E-state index in [-0.39, 0.29) is 5.56 Å². The maximum absolute atomic E-state index is 13.1. The van der Waals surface area contributed by atoms with Crippen molar-refractivity contribution >= 4 is 28.5 Å². The summed E-state index contributed by atoms with van der Waals surface area (Å²) in [6, 6.07) is 17.3. The van der Waals surface area contributed by atoms with Gasteiger partial charge in [-0.15, -0.1) is 0 Å². The second-order valence-corrected chi connectivity index (χ2v) is 7.32. The van der Waals surface area contributed by atoms with Crippen LogP contribution in [0.4, 0.5) is 0 Å². The van der Waals surface area contributed by atoms with Crippen molar-refractivity contribution in [2.75, 3.05) is 7.11 Å². The van der Waals surface area contributed by atoms with Gasteiger partial charge in [-0.1, -0.05) is 18.2 Å². The molecule has 0 saturated carbocycles. The van der Waals surface area contributed by atoms with Crippen molar-refractivity contribution in [3.63, 3.8) is 0 Å². The number of hydrazone groups is 1. The Morgan fingerprint density at radius 1 is 1.03 bits per heavy atom. The number of esters is 1. The lowest BCUT2D eigenvalue weighted by atomic mass is 10.1. The Morgan fingerprint density at radius 3 is 2.45 bits per heavy atom. The SMILES string of the molecule is COC(=O)c1ccc(C(=O)NN=C(C)c2c(C)[nH]n(-c3ccc4ccccc4n3)c2=O)cc1. The van der Waals surface area contributed by atoms with Crippen LogP contribution in [-0.4, -0.2) is 39.5 Å². The molecule has 0 aliphatic carbocycles. The Hall–Kier alpha value is -4.53. The van der Waals surface area contributed by atoms with Gasteiger partial charge in [0.15, 0.2) is 5.82 Å². The smallest absolute Gasteiger partial charge is 0.337 e. The molecule has 0 atom stereocenters. The van der Waals surface area contributed by atoms with Crippen LogP contribution in [0.5, 0.6) is 0 Å². The molecule has 2 heterocycles. The van der Waals surface area contributed by atoms with Crippen LogP contribution in [0.15, 0.2) is 70.6 Å². The molecule has 2 aromatic heterocycles. The summed E-state index contributed by atoms with van der Waals surface area (Å²) in [5.41, 5.74) is 4.80. The lowest BCUT2D eigenvalue weighted by molar-refractivity contribution is 0.0600. The number of aromatic amines is 1. The molecule has 0 spiro atoms. The van der Waals surface area contributed by atoms with E-state index in [1.165, 1.54) is 36.1 Å². The molecular formula is C24H21N5O4. The third kappa shape index (κ3) is 4.29. The molecule has 9 nitrogen and oxygen atoms in total. The number of fused-ring (bicyclic) bond motifs is 1. The number of para-hydroxylation sites is 1. The minimum atomic E-state index is -0.490. The first-order chi connectivity index (χ1) is 15.9. The van der Waals surface area contributed by atoms with Crippen molar-refractivity contribution in [2.24, 2.45) is 5.10 Å². The number of hydrogen-bond acceptors (Lipinski definition) is 6. The zero-order valence-electron chi connectivity index (χ0n) is 18.2. The van der Waals surface area contributed by atoms with Crippen LogP contribution in [0.2, 0.25) is 0 Å². The van der Waals surface area contributed by atoms with Gasteiger partial charge in [0.25, 0.3) is 11.5 Å². The Kier molecular flexibility index (Phi) is 5.86. The normalized spacial score (nSPS) is 11.4. The van der Waals surface area contributed by atoms with Gasteiger partial charge in [0.2, 0.25) is 0 Å². The summed E-state index contributed by atoms with van der Waals surface area (Å²) < 4.78 is 5.99. The molecule has 33 heavy (non-hydrogen) atoms. The number of carbonyl (C=O) groups excluding carboxylic acids is 2. The van der Waals surface area contributed by atoms with Gasteiger partial charge in [0.1, 0.15) is 0 Å². The lowest BCUT2D eigenvalue weighted by Gasteiger charge is -2.03. The highest BCUT2D eigenvalue weighted by molar-refractivity contribution is 6.01. The molecule has 4 aromatic rings. The average Bonchev–Trinajstić information content (AvgIpc) is 3.15. The van der Waals surface area contributed by atoms with Gasteiger partial charge in [-0.25, -0.2) is 19.9 Å². The largest absolute Gasteiger partial charge is 0.465 e. The van der Waals surface area contributed by atoms with Crippen LogP contribution >= 0.6 is 0 Å². The van der Waals surface area contributed by atoms with Gasteiger partial charge in [0, 0.05) is 16.6 Å². The number of aryl methyl sites for hydroxylation is 1. The van der Waals surface area contributed by atoms with Gasteiger partial charge in [-0.3, -0.25) is 14.7 Å². The van der Waals surface area contributed by atoms with E-state index in [0.29, 0.717) is 33.9 Å². The van der Waals surface area contributed by atoms with Gasteiger partial charge in [-0.2, -0.15) is 5.10 Å². The molecular weight excluding hydrogens is 422 g/mol. The molecule has 0 aliphatic heterocycles. The standard InChI is InChI=1S/C24H21N5O4/c1-14(26-27-22(30)17-8-10-18(11-9-17)24(32)33-3)21-15(2)28-29(23(21)31)20-13-12-16-6-4-5-7-19(16)25-20/h4-13,28H,1-3H3,(H,27,30). The van der Waals surface area contributed by atoms with Crippen molar-refractivity contribution in [1.82, 2.24) is 20.2 Å². The van der Waals surface area contributed by atoms with Crippen LogP contribution in [0, 0.1) is 6.92 Å². The fourth-order valence-electron chi connectivity index (χ4n) is 3.44. The second-order valence-electron chi connectivity index (χ2n) is 7.32. The number of nitrogens with zero attached hydrogens (tertiary/aromatic N) is 3. The molecule has 1 amide bonds. The lowest BCUT2D eigenvalue weighted by Crippen LogP contribution is -2.23. The molecule has 0 fully saturated rings. The number of benzene rings is 2. The number of H-pyrrole nitrogens is 1. The van der Waals surface area contributed by atoms with Crippen molar-refractivity contribution in [3.05, 3.63) is 93.4 Å². The second kappa shape index (κ2) is 8.91. The molecule has 2 N–H and O–H groups in total. The third-order valence-electron chi connectivity index (χ3n) is 5.14. The highest BCUT2D eigenvalue weighted by Gasteiger charge is 2.17. The van der Waals surface area contributed by atoms with E-state index in [2.05, 4.69) is 25.3 Å². The van der Waals surface area contributed by atoms with Crippen LogP contribution in [-0.2, 0) is 4.74 Å². The summed E-state index contributed by atoms with van der Waals surface area (Å²) in [7, 11) is 1.29. The van der Waals surface area contributed by atoms with E-state index in [9.17, 15) is 14.4 Å². The molecule has 0 aliphatic rings. The van der Waals surface area contributed by atoms with E-state index < -0.39 is 11.9 Å². The van der Waals surface area contributed by atoms with E-state index in [1.54, 1.807) is 19.9 Å². The minimum Gasteiger partial charge on any atom is -0.465 e. The highest BCUT2D eigenvalue weighted by Crippen LogP contribution is 2.14. The fraction of sp³-hybridized carbons (Fsp3) is 0.125. The monoisotopic (exact) mass is 443 g/mol. The van der Waals surface area contributed by atoms with Crippen molar-refractivity contribution < 1.29 is 14.3 Å². The van der Waals surface area contributed by atoms with Gasteiger partial charge in [-0.05, 0) is 56.3 Å². The van der Waals surface area contributed by atoms with Crippen LogP contribution in [0.1, 0.15) is 38.9 Å². The third-order valence-corrected chi connectivity index (χ3v) is 5.14. The summed E-state index contributed by atoms with van der Waals surface area (Å²) in [4.78, 5) is 41.5. The van der Waals surface area contributed by atoms with Crippen molar-refractivity contribution in [1.29, 1.82) is 0 Å². The molecule has 0 unspecified atom stereocenters. The Balaban J connectivity index is 1.57. The molecule has 0 bridgehead atoms. The first-order valence-electron chi connectivity index (χ1n) is 10.1. The van der Waals surface area contributed by atoms with Crippen LogP contribution < -0.4 is 11.0 Å². The highest BCUT2D eigenvalue weighted by atomic mass is 16.5. The number of amides is 1. The number of nitrogens with one attached hydrogen (secondary N) is 2. The molecule has 2 aromatic carbocycles. The topological polar surface area (TPSA) is 118 Å². The summed E-state index contributed by atoms with van der Waals surface area (Å²) >= 11 is 0. The van der Waals surface area contributed by atoms with Crippen molar-refractivity contribution in [2.45, 2.75) is 13.8 Å². The van der Waals surface area contributed by atoms with Gasteiger partial charge in [0.05, 0.1) is 29.5 Å². The molecule has 0 saturated heterocycles. The zero-order chi connectivity index (χ0) is 23.5. The fourth-order valence-corrected chi connectivity index (χ4v) is 3.44. The summed E-state index contributed by atoms with van der Waals surface area (Å²) in [5, 5.41) is 8.09. The predicted octanol–water partition coefficient (Wildman–Crippen LogP) is 2.96. The molecule has 166 valence electrons. The van der Waals surface area contributed by atoms with Gasteiger partial charge >= 0.3 is 5.97 Å². The first kappa shape index (κ1) is 21.7. The Morgan fingerprint density at radius 2 is 1.73 bits per heavy atom. The first-order valence-corrected chi connectivity index (χ1v) is 10.1. The van der Waals surface area contributed by atoms with E-state index in [1.807, 2.05) is 30.3 Å². The maximum atomic E-state index is 13.1. The number of rotatable bonds is 5. The molecule has 4 rings (SSSR count). The summed E-state index contributed by atoms with van der Waals surface area (Å²) in [6.45, 7) is 3.39. The summed E-state index contributed by atoms with van der Waals surface area (Å²) in [5.74, 6) is -0.512. The summed E-state index contributed by atoms with van der Waals surface area (Å²) in [6.07, 6.45) is 0. The van der Waals surface area contributed by atoms with Crippen LogP contribution in [0.3, 0.4) is 0 Å². The Labute approximate surface area is 188 Å². The molecule has 9 heteroatoms. The Bertz CT molecular complexity index is 1450. The van der Waals surface area contributed by atoms with Gasteiger partial charge < -0.3 is 4.74 Å².